The SMILES string of the molecule is CC(C)(C)OC(=O)NCCCCCCN(C=O)c1cccc(N2CCC(=O)NC2=O)c1. The maximum atomic E-state index is 12.0. The summed E-state index contributed by atoms with van der Waals surface area (Å²) >= 11 is 0. The zero-order valence-corrected chi connectivity index (χ0v) is 18.5. The Labute approximate surface area is 183 Å². The van der Waals surface area contributed by atoms with Gasteiger partial charge >= 0.3 is 12.1 Å². The summed E-state index contributed by atoms with van der Waals surface area (Å²) in [4.78, 5) is 49.6. The minimum atomic E-state index is -0.505. The van der Waals surface area contributed by atoms with Crippen molar-refractivity contribution < 1.29 is 23.9 Å². The van der Waals surface area contributed by atoms with Crippen molar-refractivity contribution in [2.24, 2.45) is 0 Å². The highest BCUT2D eigenvalue weighted by molar-refractivity contribution is 6.05. The molecule has 1 aromatic carbocycles. The van der Waals surface area contributed by atoms with Crippen molar-refractivity contribution in [3.8, 4) is 0 Å². The van der Waals surface area contributed by atoms with E-state index >= 15 is 0 Å². The number of rotatable bonds is 10. The summed E-state index contributed by atoms with van der Waals surface area (Å²) < 4.78 is 5.19. The molecule has 9 nitrogen and oxygen atoms in total. The zero-order chi connectivity index (χ0) is 22.9. The Morgan fingerprint density at radius 3 is 2.65 bits per heavy atom. The smallest absolute Gasteiger partial charge is 0.407 e. The van der Waals surface area contributed by atoms with Crippen LogP contribution >= 0.6 is 0 Å². The molecular formula is C22H32N4O5. The molecule has 0 spiro atoms. The van der Waals surface area contributed by atoms with Crippen molar-refractivity contribution in [1.82, 2.24) is 10.6 Å². The van der Waals surface area contributed by atoms with E-state index < -0.39 is 17.7 Å². The van der Waals surface area contributed by atoms with Crippen LogP contribution in [0.15, 0.2) is 24.3 Å². The van der Waals surface area contributed by atoms with E-state index in [4.69, 9.17) is 4.74 Å². The van der Waals surface area contributed by atoms with Gasteiger partial charge in [-0.1, -0.05) is 18.9 Å². The topological polar surface area (TPSA) is 108 Å². The predicted molar refractivity (Wildman–Crippen MR) is 118 cm³/mol. The monoisotopic (exact) mass is 432 g/mol. The van der Waals surface area contributed by atoms with Gasteiger partial charge in [-0.25, -0.2) is 9.59 Å². The molecule has 1 aromatic rings. The van der Waals surface area contributed by atoms with E-state index in [1.165, 1.54) is 4.90 Å². The van der Waals surface area contributed by atoms with E-state index in [9.17, 15) is 19.2 Å². The summed E-state index contributed by atoms with van der Waals surface area (Å²) in [5, 5.41) is 5.03. The number of nitrogens with one attached hydrogen (secondary N) is 2. The molecule has 1 saturated heterocycles. The first kappa shape index (κ1) is 24.2. The summed E-state index contributed by atoms with van der Waals surface area (Å²) in [7, 11) is 0. The highest BCUT2D eigenvalue weighted by Gasteiger charge is 2.24. The van der Waals surface area contributed by atoms with E-state index in [1.807, 2.05) is 26.8 Å². The highest BCUT2D eigenvalue weighted by Crippen LogP contribution is 2.24. The number of hydrogen-bond acceptors (Lipinski definition) is 5. The molecule has 1 aliphatic rings. The number of carbonyl (C=O) groups excluding carboxylic acids is 4. The lowest BCUT2D eigenvalue weighted by molar-refractivity contribution is -0.120. The lowest BCUT2D eigenvalue weighted by Crippen LogP contribution is -2.49. The van der Waals surface area contributed by atoms with E-state index in [-0.39, 0.29) is 12.3 Å². The first-order valence-electron chi connectivity index (χ1n) is 10.6. The molecular weight excluding hydrogens is 400 g/mol. The molecule has 0 unspecified atom stereocenters. The van der Waals surface area contributed by atoms with Gasteiger partial charge in [-0.2, -0.15) is 0 Å². The first-order chi connectivity index (χ1) is 14.7. The van der Waals surface area contributed by atoms with Crippen LogP contribution in [-0.4, -0.2) is 49.7 Å². The van der Waals surface area contributed by atoms with E-state index in [0.717, 1.165) is 32.1 Å². The number of imide groups is 1. The van der Waals surface area contributed by atoms with Crippen molar-refractivity contribution in [3.63, 3.8) is 0 Å². The van der Waals surface area contributed by atoms with Crippen LogP contribution in [-0.2, 0) is 14.3 Å². The number of alkyl carbamates (subject to hydrolysis) is 1. The third kappa shape index (κ3) is 8.27. The Kier molecular flexibility index (Phi) is 8.84. The van der Waals surface area contributed by atoms with Crippen LogP contribution in [0.2, 0.25) is 0 Å². The average Bonchev–Trinajstić information content (AvgIpc) is 2.69. The summed E-state index contributed by atoms with van der Waals surface area (Å²) in [5.74, 6) is -0.284. The standard InChI is InChI=1S/C22H32N4O5/c1-22(2,3)31-21(30)23-12-6-4-5-7-13-25(16-27)17-9-8-10-18(15-17)26-14-11-19(28)24-20(26)29/h8-10,15-16H,4-7,11-14H2,1-3H3,(H,23,30)(H,24,28,29). The van der Waals surface area contributed by atoms with Crippen molar-refractivity contribution in [2.45, 2.75) is 58.5 Å². The van der Waals surface area contributed by atoms with E-state index in [2.05, 4.69) is 10.6 Å². The number of nitrogens with zero attached hydrogens (tertiary/aromatic N) is 2. The van der Waals surface area contributed by atoms with E-state index in [0.29, 0.717) is 31.0 Å². The van der Waals surface area contributed by atoms with Crippen LogP contribution in [0.25, 0.3) is 0 Å². The minimum absolute atomic E-state index is 0.246. The molecule has 0 atom stereocenters. The molecule has 0 radical (unpaired) electrons. The zero-order valence-electron chi connectivity index (χ0n) is 18.5. The fraction of sp³-hybridized carbons (Fsp3) is 0.545. The largest absolute Gasteiger partial charge is 0.444 e. The van der Waals surface area contributed by atoms with Gasteiger partial charge in [0.1, 0.15) is 5.60 Å². The fourth-order valence-corrected chi connectivity index (χ4v) is 3.16. The Hall–Kier alpha value is -3.10. The molecule has 170 valence electrons. The first-order valence-corrected chi connectivity index (χ1v) is 10.6. The number of hydrogen-bond donors (Lipinski definition) is 2. The molecule has 1 aliphatic heterocycles. The summed E-state index contributed by atoms with van der Waals surface area (Å²) in [5.41, 5.74) is 0.834. The van der Waals surface area contributed by atoms with Gasteiger partial charge in [0.2, 0.25) is 12.3 Å². The van der Waals surface area contributed by atoms with E-state index in [1.54, 1.807) is 23.1 Å². The molecule has 2 rings (SSSR count). The maximum absolute atomic E-state index is 12.0. The summed E-state index contributed by atoms with van der Waals surface area (Å²) in [6.45, 7) is 6.88. The third-order valence-electron chi connectivity index (χ3n) is 4.65. The minimum Gasteiger partial charge on any atom is -0.444 e. The Morgan fingerprint density at radius 1 is 1.23 bits per heavy atom. The molecule has 2 N–H and O–H groups in total. The van der Waals surface area contributed by atoms with Crippen molar-refractivity contribution >= 4 is 35.8 Å². The quantitative estimate of drug-likeness (QED) is 0.436. The number of carbonyl (C=O) groups is 4. The van der Waals surface area contributed by atoms with Gasteiger partial charge in [-0.05, 0) is 51.8 Å². The predicted octanol–water partition coefficient (Wildman–Crippen LogP) is 3.18. The molecule has 0 aliphatic carbocycles. The molecule has 31 heavy (non-hydrogen) atoms. The third-order valence-corrected chi connectivity index (χ3v) is 4.65. The maximum Gasteiger partial charge on any atom is 0.407 e. The van der Waals surface area contributed by atoms with Gasteiger partial charge in [0.25, 0.3) is 0 Å². The van der Waals surface area contributed by atoms with Gasteiger partial charge < -0.3 is 15.0 Å². The average molecular weight is 433 g/mol. The second-order valence-electron chi connectivity index (χ2n) is 8.42. The van der Waals surface area contributed by atoms with Crippen LogP contribution in [0.3, 0.4) is 0 Å². The number of urea groups is 1. The van der Waals surface area contributed by atoms with Gasteiger partial charge in [0.05, 0.1) is 0 Å². The lowest BCUT2D eigenvalue weighted by Gasteiger charge is -2.27. The number of anilines is 2. The van der Waals surface area contributed by atoms with Crippen LogP contribution in [0.5, 0.6) is 0 Å². The highest BCUT2D eigenvalue weighted by atomic mass is 16.6. The second-order valence-corrected chi connectivity index (χ2v) is 8.42. The van der Waals surface area contributed by atoms with Gasteiger partial charge in [-0.15, -0.1) is 0 Å². The van der Waals surface area contributed by atoms with Crippen molar-refractivity contribution in [2.75, 3.05) is 29.4 Å². The van der Waals surface area contributed by atoms with Gasteiger partial charge in [0, 0.05) is 37.4 Å². The number of unbranched alkanes of at least 4 members (excludes halogenated alkanes) is 3. The summed E-state index contributed by atoms with van der Waals surface area (Å²) in [6, 6.07) is 6.70. The van der Waals surface area contributed by atoms with Crippen molar-refractivity contribution in [1.29, 1.82) is 0 Å². The fourth-order valence-electron chi connectivity index (χ4n) is 3.16. The molecule has 5 amide bonds. The molecule has 0 saturated carbocycles. The van der Waals surface area contributed by atoms with Crippen LogP contribution < -0.4 is 20.4 Å². The normalized spacial score (nSPS) is 14.1. The van der Waals surface area contributed by atoms with Crippen molar-refractivity contribution in [3.05, 3.63) is 24.3 Å². The van der Waals surface area contributed by atoms with Crippen LogP contribution in [0.4, 0.5) is 21.0 Å². The molecule has 1 fully saturated rings. The number of ether oxygens (including phenoxy) is 1. The summed E-state index contributed by atoms with van der Waals surface area (Å²) in [6.07, 6.45) is 4.10. The molecule has 1 heterocycles. The number of benzene rings is 1. The lowest BCUT2D eigenvalue weighted by atomic mass is 10.1. The Balaban J connectivity index is 1.74. The number of amides is 5. The van der Waals surface area contributed by atoms with Crippen LogP contribution in [0, 0.1) is 0 Å². The Morgan fingerprint density at radius 2 is 1.97 bits per heavy atom. The Bertz CT molecular complexity index is 790. The van der Waals surface area contributed by atoms with Gasteiger partial charge in [-0.3, -0.25) is 19.8 Å². The molecule has 0 bridgehead atoms. The molecule has 0 aromatic heterocycles. The second kappa shape index (κ2) is 11.3. The molecule has 9 heteroatoms. The van der Waals surface area contributed by atoms with Gasteiger partial charge in [0.15, 0.2) is 0 Å². The van der Waals surface area contributed by atoms with Crippen LogP contribution in [0.1, 0.15) is 52.9 Å².